The van der Waals surface area contributed by atoms with E-state index in [1.807, 2.05) is 56.3 Å². The number of urea groups is 1. The molecule has 0 aliphatic rings. The van der Waals surface area contributed by atoms with Gasteiger partial charge < -0.3 is 10.6 Å². The van der Waals surface area contributed by atoms with E-state index in [9.17, 15) is 9.59 Å². The van der Waals surface area contributed by atoms with E-state index in [1.165, 1.54) is 11.3 Å². The second-order valence-corrected chi connectivity index (χ2v) is 9.60. The summed E-state index contributed by atoms with van der Waals surface area (Å²) in [6.07, 6.45) is 0.715. The van der Waals surface area contributed by atoms with Crippen molar-refractivity contribution in [2.45, 2.75) is 26.3 Å². The number of anilines is 2. The quantitative estimate of drug-likeness (QED) is 0.331. The lowest BCUT2D eigenvalue weighted by Crippen LogP contribution is -2.49. The number of nitrogens with zero attached hydrogens (tertiary/aromatic N) is 2. The minimum Gasteiger partial charge on any atom is -0.326 e. The summed E-state index contributed by atoms with van der Waals surface area (Å²) in [6, 6.07) is 13.8. The van der Waals surface area contributed by atoms with Crippen LogP contribution >= 0.6 is 43.2 Å². The first-order valence-electron chi connectivity index (χ1n) is 9.59. The zero-order chi connectivity index (χ0) is 22.4. The van der Waals surface area contributed by atoms with Gasteiger partial charge >= 0.3 is 6.03 Å². The molecular formula is C21H21Br2N5O2S. The van der Waals surface area contributed by atoms with Crippen LogP contribution in [0.1, 0.15) is 20.3 Å². The number of hydrogen-bond donors (Lipinski definition) is 3. The highest BCUT2D eigenvalue weighted by Crippen LogP contribution is 2.28. The van der Waals surface area contributed by atoms with Gasteiger partial charge in [0.1, 0.15) is 11.0 Å². The van der Waals surface area contributed by atoms with Gasteiger partial charge in [0.25, 0.3) is 0 Å². The Labute approximate surface area is 201 Å². The number of hydrogen-bond acceptors (Lipinski definition) is 5. The van der Waals surface area contributed by atoms with Crippen molar-refractivity contribution < 1.29 is 9.59 Å². The van der Waals surface area contributed by atoms with Gasteiger partial charge in [-0.3, -0.25) is 10.1 Å². The van der Waals surface area contributed by atoms with E-state index in [1.54, 1.807) is 6.07 Å². The Balaban J connectivity index is 1.69. The lowest BCUT2D eigenvalue weighted by atomic mass is 9.98. The van der Waals surface area contributed by atoms with Crippen molar-refractivity contribution in [1.82, 2.24) is 15.5 Å². The predicted octanol–water partition coefficient (Wildman–Crippen LogP) is 5.91. The number of halogens is 2. The molecule has 0 fully saturated rings. The van der Waals surface area contributed by atoms with Crippen LogP contribution in [0, 0.1) is 5.92 Å². The van der Waals surface area contributed by atoms with Crippen molar-refractivity contribution in [1.29, 1.82) is 0 Å². The van der Waals surface area contributed by atoms with Gasteiger partial charge in [0.2, 0.25) is 11.0 Å². The Bertz CT molecular complexity index is 1080. The molecule has 1 aromatic heterocycles. The Morgan fingerprint density at radius 3 is 2.55 bits per heavy atom. The number of amides is 3. The zero-order valence-corrected chi connectivity index (χ0v) is 20.8. The van der Waals surface area contributed by atoms with Gasteiger partial charge in [0.05, 0.1) is 5.69 Å². The third-order valence-electron chi connectivity index (χ3n) is 4.63. The van der Waals surface area contributed by atoms with Crippen LogP contribution in [0.25, 0.3) is 10.6 Å². The van der Waals surface area contributed by atoms with E-state index in [2.05, 4.69) is 58.0 Å². The van der Waals surface area contributed by atoms with Crippen LogP contribution in [0.3, 0.4) is 0 Å². The summed E-state index contributed by atoms with van der Waals surface area (Å²) < 4.78 is 1.69. The fraction of sp³-hybridized carbons (Fsp3) is 0.238. The maximum Gasteiger partial charge on any atom is 0.319 e. The molecule has 10 heteroatoms. The van der Waals surface area contributed by atoms with Gasteiger partial charge in [-0.05, 0) is 46.1 Å². The van der Waals surface area contributed by atoms with Crippen LogP contribution in [-0.4, -0.2) is 28.2 Å². The molecule has 0 unspecified atom stereocenters. The molecule has 0 bridgehead atoms. The summed E-state index contributed by atoms with van der Waals surface area (Å²) in [4.78, 5) is 25.5. The van der Waals surface area contributed by atoms with E-state index >= 15 is 0 Å². The molecular weight excluding hydrogens is 546 g/mol. The molecule has 3 N–H and O–H groups in total. The molecule has 2 atom stereocenters. The van der Waals surface area contributed by atoms with E-state index in [0.717, 1.165) is 14.5 Å². The third-order valence-corrected chi connectivity index (χ3v) is 6.70. The summed E-state index contributed by atoms with van der Waals surface area (Å²) in [5, 5.41) is 17.6. The molecule has 3 aromatic rings. The van der Waals surface area contributed by atoms with Crippen molar-refractivity contribution in [3.8, 4) is 10.6 Å². The normalized spacial score (nSPS) is 12.6. The van der Waals surface area contributed by atoms with Crippen LogP contribution < -0.4 is 16.0 Å². The number of rotatable bonds is 7. The maximum atomic E-state index is 12.9. The molecule has 0 spiro atoms. The van der Waals surface area contributed by atoms with Gasteiger partial charge in [-0.15, -0.1) is 10.2 Å². The molecule has 3 amide bonds. The summed E-state index contributed by atoms with van der Waals surface area (Å²) in [6.45, 7) is 3.88. The highest BCUT2D eigenvalue weighted by molar-refractivity contribution is 9.10. The largest absolute Gasteiger partial charge is 0.326 e. The maximum absolute atomic E-state index is 12.9. The minimum atomic E-state index is -0.731. The molecule has 3 rings (SSSR count). The summed E-state index contributed by atoms with van der Waals surface area (Å²) in [5.74, 6) is -0.420. The van der Waals surface area contributed by atoms with Crippen LogP contribution in [0.5, 0.6) is 0 Å². The molecule has 0 aliphatic heterocycles. The predicted molar refractivity (Wildman–Crippen MR) is 131 cm³/mol. The molecule has 0 aliphatic carbocycles. The lowest BCUT2D eigenvalue weighted by molar-refractivity contribution is -0.119. The van der Waals surface area contributed by atoms with Crippen LogP contribution in [-0.2, 0) is 4.79 Å². The SMILES string of the molecule is CC[C@@H](C)[C@@H](NC(=O)Nc1ccccc1Br)C(=O)Nc1nnc(-c2cccc(Br)c2)s1. The third kappa shape index (κ3) is 6.34. The van der Waals surface area contributed by atoms with Gasteiger partial charge in [-0.25, -0.2) is 4.79 Å². The van der Waals surface area contributed by atoms with Crippen LogP contribution in [0.4, 0.5) is 15.6 Å². The summed E-state index contributed by atoms with van der Waals surface area (Å²) >= 11 is 8.11. The Morgan fingerprint density at radius 1 is 1.06 bits per heavy atom. The molecule has 0 saturated carbocycles. The lowest BCUT2D eigenvalue weighted by Gasteiger charge is -2.23. The topological polar surface area (TPSA) is 96.0 Å². The van der Waals surface area contributed by atoms with Crippen molar-refractivity contribution in [3.63, 3.8) is 0 Å². The van der Waals surface area contributed by atoms with Crippen molar-refractivity contribution >= 4 is 66.0 Å². The summed E-state index contributed by atoms with van der Waals surface area (Å²) in [5.41, 5.74) is 1.52. The van der Waals surface area contributed by atoms with Gasteiger partial charge in [-0.1, -0.05) is 71.8 Å². The van der Waals surface area contributed by atoms with E-state index in [4.69, 9.17) is 0 Å². The van der Waals surface area contributed by atoms with Crippen LogP contribution in [0.15, 0.2) is 57.5 Å². The van der Waals surface area contributed by atoms with E-state index in [-0.39, 0.29) is 11.8 Å². The summed E-state index contributed by atoms with van der Waals surface area (Å²) in [7, 11) is 0. The fourth-order valence-electron chi connectivity index (χ4n) is 2.76. The first-order chi connectivity index (χ1) is 14.9. The Hall–Kier alpha value is -2.30. The molecule has 31 heavy (non-hydrogen) atoms. The molecule has 0 saturated heterocycles. The minimum absolute atomic E-state index is 0.0811. The van der Waals surface area contributed by atoms with Crippen LogP contribution in [0.2, 0.25) is 0 Å². The second-order valence-electron chi connectivity index (χ2n) is 6.85. The molecule has 0 radical (unpaired) electrons. The average Bonchev–Trinajstić information content (AvgIpc) is 3.21. The number of aromatic nitrogens is 2. The van der Waals surface area contributed by atoms with Crippen molar-refractivity contribution in [2.75, 3.05) is 10.6 Å². The Kier molecular flexibility index (Phi) is 8.16. The number of para-hydroxylation sites is 1. The van der Waals surface area contributed by atoms with E-state index in [0.29, 0.717) is 22.2 Å². The molecule has 2 aromatic carbocycles. The highest BCUT2D eigenvalue weighted by Gasteiger charge is 2.27. The van der Waals surface area contributed by atoms with Crippen molar-refractivity contribution in [3.05, 3.63) is 57.5 Å². The first kappa shape index (κ1) is 23.4. The van der Waals surface area contributed by atoms with Gasteiger partial charge in [-0.2, -0.15) is 0 Å². The van der Waals surface area contributed by atoms with Gasteiger partial charge in [0.15, 0.2) is 0 Å². The Morgan fingerprint density at radius 2 is 1.84 bits per heavy atom. The smallest absolute Gasteiger partial charge is 0.319 e. The highest BCUT2D eigenvalue weighted by atomic mass is 79.9. The first-order valence-corrected chi connectivity index (χ1v) is 12.0. The number of nitrogens with one attached hydrogen (secondary N) is 3. The van der Waals surface area contributed by atoms with Crippen molar-refractivity contribution in [2.24, 2.45) is 5.92 Å². The monoisotopic (exact) mass is 565 g/mol. The van der Waals surface area contributed by atoms with E-state index < -0.39 is 12.1 Å². The molecule has 1 heterocycles. The second kappa shape index (κ2) is 10.8. The number of carbonyl (C=O) groups excluding carboxylic acids is 2. The van der Waals surface area contributed by atoms with Gasteiger partial charge in [0, 0.05) is 14.5 Å². The molecule has 7 nitrogen and oxygen atoms in total. The number of carbonyl (C=O) groups is 2. The molecule has 162 valence electrons. The average molecular weight is 567 g/mol. The standard InChI is InChI=1S/C21H21Br2N5O2S/c1-3-12(2)17(25-20(30)24-16-10-5-4-9-15(16)23)18(29)26-21-28-27-19(31-21)13-7-6-8-14(22)11-13/h4-12,17H,3H2,1-2H3,(H2,24,25,30)(H,26,28,29)/t12-,17-/m1/s1. The zero-order valence-electron chi connectivity index (χ0n) is 16.9. The number of benzene rings is 2. The fourth-order valence-corrected chi connectivity index (χ4v) is 4.29.